The van der Waals surface area contributed by atoms with E-state index < -0.39 is 10.0 Å². The third kappa shape index (κ3) is 5.44. The number of sulfonamides is 1. The molecule has 0 heterocycles. The normalized spacial score (nSPS) is 12.1. The minimum Gasteiger partial charge on any atom is -0.497 e. The van der Waals surface area contributed by atoms with Crippen LogP contribution in [-0.2, 0) is 10.0 Å². The van der Waals surface area contributed by atoms with Crippen LogP contribution in [0.3, 0.4) is 0 Å². The van der Waals surface area contributed by atoms with Crippen LogP contribution in [0.4, 0.5) is 5.69 Å². The Hall–Kier alpha value is -3.32. The fourth-order valence-corrected chi connectivity index (χ4v) is 4.34. The fraction of sp³-hybridized carbons (Fsp3) is 0.208. The second-order valence-electron chi connectivity index (χ2n) is 7.15. The predicted octanol–water partition coefficient (Wildman–Crippen LogP) is 4.69. The van der Waals surface area contributed by atoms with E-state index >= 15 is 0 Å². The van der Waals surface area contributed by atoms with Gasteiger partial charge in [0.05, 0.1) is 18.0 Å². The molecule has 162 valence electrons. The van der Waals surface area contributed by atoms with E-state index in [1.807, 2.05) is 38.1 Å². The SMILES string of the molecule is CC[C@@H](NC(=O)c1ccc(NS(=O)(=O)c2ccc(OC)cc2)cc1)c1ccccc1C. The molecule has 0 saturated carbocycles. The lowest BCUT2D eigenvalue weighted by Crippen LogP contribution is -2.28. The second-order valence-corrected chi connectivity index (χ2v) is 8.83. The van der Waals surface area contributed by atoms with E-state index in [9.17, 15) is 13.2 Å². The molecule has 0 aliphatic heterocycles. The highest BCUT2D eigenvalue weighted by Crippen LogP contribution is 2.22. The number of carbonyl (C=O) groups excluding carboxylic acids is 1. The zero-order chi connectivity index (χ0) is 22.4. The number of benzene rings is 3. The van der Waals surface area contributed by atoms with Gasteiger partial charge in [0.1, 0.15) is 5.75 Å². The van der Waals surface area contributed by atoms with Crippen LogP contribution in [-0.4, -0.2) is 21.4 Å². The number of hydrogen-bond acceptors (Lipinski definition) is 4. The Morgan fingerprint density at radius 1 is 0.968 bits per heavy atom. The van der Waals surface area contributed by atoms with Crippen LogP contribution in [0.2, 0.25) is 0 Å². The van der Waals surface area contributed by atoms with E-state index in [0.717, 1.165) is 17.5 Å². The molecule has 2 N–H and O–H groups in total. The molecule has 6 nitrogen and oxygen atoms in total. The van der Waals surface area contributed by atoms with Gasteiger partial charge in [-0.05, 0) is 73.0 Å². The smallest absolute Gasteiger partial charge is 0.261 e. The number of nitrogens with one attached hydrogen (secondary N) is 2. The van der Waals surface area contributed by atoms with E-state index in [4.69, 9.17) is 4.74 Å². The summed E-state index contributed by atoms with van der Waals surface area (Å²) in [4.78, 5) is 12.8. The first-order valence-electron chi connectivity index (χ1n) is 9.97. The van der Waals surface area contributed by atoms with Crippen molar-refractivity contribution >= 4 is 21.6 Å². The van der Waals surface area contributed by atoms with Crippen molar-refractivity contribution in [2.24, 2.45) is 0 Å². The molecule has 31 heavy (non-hydrogen) atoms. The molecule has 0 unspecified atom stereocenters. The lowest BCUT2D eigenvalue weighted by molar-refractivity contribution is 0.0935. The molecule has 3 rings (SSSR count). The molecule has 0 bridgehead atoms. The van der Waals surface area contributed by atoms with Gasteiger partial charge in [-0.25, -0.2) is 8.42 Å². The Bertz CT molecular complexity index is 1140. The highest BCUT2D eigenvalue weighted by Gasteiger charge is 2.17. The number of rotatable bonds is 8. The highest BCUT2D eigenvalue weighted by molar-refractivity contribution is 7.92. The zero-order valence-corrected chi connectivity index (χ0v) is 18.6. The van der Waals surface area contributed by atoms with Crippen LogP contribution in [0.5, 0.6) is 5.75 Å². The minimum atomic E-state index is -3.74. The quantitative estimate of drug-likeness (QED) is 0.535. The summed E-state index contributed by atoms with van der Waals surface area (Å²) in [6, 6.07) is 20.3. The third-order valence-electron chi connectivity index (χ3n) is 5.05. The molecule has 1 amide bonds. The Labute approximate surface area is 183 Å². The highest BCUT2D eigenvalue weighted by atomic mass is 32.2. The second kappa shape index (κ2) is 9.66. The molecule has 0 fully saturated rings. The topological polar surface area (TPSA) is 84.5 Å². The molecule has 7 heteroatoms. The van der Waals surface area contributed by atoms with E-state index in [1.165, 1.54) is 19.2 Å². The lowest BCUT2D eigenvalue weighted by Gasteiger charge is -2.19. The van der Waals surface area contributed by atoms with Gasteiger partial charge in [0.15, 0.2) is 0 Å². The summed E-state index contributed by atoms with van der Waals surface area (Å²) in [5.74, 6) is 0.366. The Morgan fingerprint density at radius 3 is 2.19 bits per heavy atom. The van der Waals surface area contributed by atoms with Crippen LogP contribution < -0.4 is 14.8 Å². The van der Waals surface area contributed by atoms with Gasteiger partial charge in [0, 0.05) is 11.3 Å². The Kier molecular flexibility index (Phi) is 6.97. The first-order chi connectivity index (χ1) is 14.8. The molecule has 3 aromatic rings. The number of hydrogen-bond donors (Lipinski definition) is 2. The van der Waals surface area contributed by atoms with Crippen molar-refractivity contribution in [3.8, 4) is 5.75 Å². The largest absolute Gasteiger partial charge is 0.497 e. The average Bonchev–Trinajstić information content (AvgIpc) is 2.78. The van der Waals surface area contributed by atoms with Crippen LogP contribution in [0.25, 0.3) is 0 Å². The molecule has 1 atom stereocenters. The number of amides is 1. The monoisotopic (exact) mass is 438 g/mol. The first-order valence-corrected chi connectivity index (χ1v) is 11.5. The summed E-state index contributed by atoms with van der Waals surface area (Å²) in [7, 11) is -2.22. The molecular formula is C24H26N2O4S. The first kappa shape index (κ1) is 22.4. The summed E-state index contributed by atoms with van der Waals surface area (Å²) in [5.41, 5.74) is 3.04. The van der Waals surface area contributed by atoms with E-state index in [1.54, 1.807) is 36.4 Å². The maximum Gasteiger partial charge on any atom is 0.261 e. The van der Waals surface area contributed by atoms with Gasteiger partial charge in [-0.3, -0.25) is 9.52 Å². The van der Waals surface area contributed by atoms with E-state index in [-0.39, 0.29) is 16.8 Å². The maximum absolute atomic E-state index is 12.7. The van der Waals surface area contributed by atoms with Gasteiger partial charge in [0.25, 0.3) is 15.9 Å². The third-order valence-corrected chi connectivity index (χ3v) is 6.44. The van der Waals surface area contributed by atoms with Crippen molar-refractivity contribution < 1.29 is 17.9 Å². The fourth-order valence-electron chi connectivity index (χ4n) is 3.28. The van der Waals surface area contributed by atoms with Crippen LogP contribution in [0.15, 0.2) is 77.7 Å². The van der Waals surface area contributed by atoms with Crippen molar-refractivity contribution in [2.75, 3.05) is 11.8 Å². The number of carbonyl (C=O) groups is 1. The molecule has 0 aromatic heterocycles. The number of ether oxygens (including phenoxy) is 1. The van der Waals surface area contributed by atoms with Crippen molar-refractivity contribution in [2.45, 2.75) is 31.2 Å². The van der Waals surface area contributed by atoms with Crippen LogP contribution >= 0.6 is 0 Å². The van der Waals surface area contributed by atoms with Crippen molar-refractivity contribution in [3.05, 3.63) is 89.5 Å². The summed E-state index contributed by atoms with van der Waals surface area (Å²) in [6.07, 6.45) is 0.760. The van der Waals surface area contributed by atoms with Gasteiger partial charge >= 0.3 is 0 Å². The van der Waals surface area contributed by atoms with Gasteiger partial charge in [0.2, 0.25) is 0 Å². The molecule has 0 aliphatic carbocycles. The van der Waals surface area contributed by atoms with E-state index in [0.29, 0.717) is 17.0 Å². The predicted molar refractivity (Wildman–Crippen MR) is 122 cm³/mol. The number of methoxy groups -OCH3 is 1. The number of anilines is 1. The van der Waals surface area contributed by atoms with Crippen molar-refractivity contribution in [1.82, 2.24) is 5.32 Å². The lowest BCUT2D eigenvalue weighted by atomic mass is 9.99. The van der Waals surface area contributed by atoms with Gasteiger partial charge in [-0.1, -0.05) is 31.2 Å². The Morgan fingerprint density at radius 2 is 1.61 bits per heavy atom. The molecule has 0 spiro atoms. The molecule has 0 aliphatic rings. The van der Waals surface area contributed by atoms with Crippen LogP contribution in [0.1, 0.15) is 40.9 Å². The summed E-state index contributed by atoms with van der Waals surface area (Å²) >= 11 is 0. The zero-order valence-electron chi connectivity index (χ0n) is 17.8. The maximum atomic E-state index is 12.7. The minimum absolute atomic E-state index is 0.0954. The number of aryl methyl sites for hydroxylation is 1. The Balaban J connectivity index is 1.70. The summed E-state index contributed by atoms with van der Waals surface area (Å²) in [6.45, 7) is 4.04. The van der Waals surface area contributed by atoms with Crippen molar-refractivity contribution in [1.29, 1.82) is 0 Å². The average molecular weight is 439 g/mol. The molecular weight excluding hydrogens is 412 g/mol. The standard InChI is InChI=1S/C24H26N2O4S/c1-4-23(22-8-6-5-7-17(22)2)25-24(27)18-9-11-19(12-10-18)26-31(28,29)21-15-13-20(30-3)14-16-21/h5-16,23,26H,4H2,1-3H3,(H,25,27)/t23-/m1/s1. The van der Waals surface area contributed by atoms with Gasteiger partial charge in [-0.2, -0.15) is 0 Å². The summed E-state index contributed by atoms with van der Waals surface area (Å²) < 4.78 is 32.7. The van der Waals surface area contributed by atoms with E-state index in [2.05, 4.69) is 10.0 Å². The molecule has 3 aromatic carbocycles. The molecule has 0 saturated heterocycles. The van der Waals surface area contributed by atoms with Crippen LogP contribution in [0, 0.1) is 6.92 Å². The van der Waals surface area contributed by atoms with Gasteiger partial charge < -0.3 is 10.1 Å². The van der Waals surface area contributed by atoms with Crippen molar-refractivity contribution in [3.63, 3.8) is 0 Å². The molecule has 0 radical (unpaired) electrons. The summed E-state index contributed by atoms with van der Waals surface area (Å²) in [5, 5.41) is 3.06. The van der Waals surface area contributed by atoms with Gasteiger partial charge in [-0.15, -0.1) is 0 Å².